The van der Waals surface area contributed by atoms with Gasteiger partial charge in [0.25, 0.3) is 0 Å². The molecule has 11 N–H and O–H groups in total. The number of carbonyl (C=O) groups excluding carboxylic acids is 4. The molecule has 0 aromatic heterocycles. The Hall–Kier alpha value is -5.18. The molecule has 254 valence electrons. The minimum Gasteiger partial charge on any atom is -0.508 e. The number of amides is 4. The Labute approximate surface area is 273 Å². The van der Waals surface area contributed by atoms with Gasteiger partial charge in [-0.15, -0.1) is 0 Å². The number of hydrogen-bond donors (Lipinski definition) is 8. The quantitative estimate of drug-likeness (QED) is 0.0630. The number of nitrogens with two attached hydrogens (primary N) is 3. The summed E-state index contributed by atoms with van der Waals surface area (Å²) in [5, 5.41) is 27.2. The van der Waals surface area contributed by atoms with Gasteiger partial charge in [0.2, 0.25) is 23.6 Å². The number of benzene rings is 2. The Morgan fingerprint density at radius 2 is 1.51 bits per heavy atom. The number of carboxylic acids is 1. The molecule has 1 aliphatic heterocycles. The summed E-state index contributed by atoms with van der Waals surface area (Å²) in [6.07, 6.45) is 1.63. The molecule has 1 saturated heterocycles. The zero-order chi connectivity index (χ0) is 34.5. The number of nitrogens with one attached hydrogen (secondary N) is 3. The summed E-state index contributed by atoms with van der Waals surface area (Å²) < 4.78 is 0. The molecule has 0 saturated carbocycles. The highest BCUT2D eigenvalue weighted by molar-refractivity contribution is 5.95. The number of nitrogens with zero attached hydrogens (tertiary/aromatic N) is 2. The lowest BCUT2D eigenvalue weighted by atomic mass is 10.0. The average Bonchev–Trinajstić information content (AvgIpc) is 3.54. The van der Waals surface area contributed by atoms with E-state index in [0.717, 1.165) is 5.56 Å². The molecule has 3 rings (SSSR count). The summed E-state index contributed by atoms with van der Waals surface area (Å²) in [6.45, 7) is 1.95. The number of aliphatic carboxylic acids is 1. The number of carbonyl (C=O) groups is 5. The molecule has 4 amide bonds. The molecule has 15 nitrogen and oxygen atoms in total. The normalized spacial score (nSPS) is 16.6. The van der Waals surface area contributed by atoms with Crippen LogP contribution in [0.1, 0.15) is 43.7 Å². The van der Waals surface area contributed by atoms with Gasteiger partial charge < -0.3 is 48.3 Å². The largest absolute Gasteiger partial charge is 0.508 e. The fraction of sp³-hybridized carbons (Fsp3) is 0.438. The smallest absolute Gasteiger partial charge is 0.326 e. The highest BCUT2D eigenvalue weighted by atomic mass is 16.4. The SMILES string of the molecule is C[C@@H](NC(=O)[C@H](Cc1ccc(O)cc1)NC(=O)[C@@H](N)CCCN=C(N)N)C(=O)N[C@@H](Cc1ccccc1)C(=O)N1CCC[C@H]1C(=O)O. The van der Waals surface area contributed by atoms with Crippen LogP contribution >= 0.6 is 0 Å². The van der Waals surface area contributed by atoms with E-state index in [-0.39, 0.29) is 44.1 Å². The first-order valence-corrected chi connectivity index (χ1v) is 15.4. The Balaban J connectivity index is 1.72. The molecule has 5 atom stereocenters. The van der Waals surface area contributed by atoms with E-state index in [1.807, 2.05) is 6.07 Å². The van der Waals surface area contributed by atoms with E-state index in [1.165, 1.54) is 24.0 Å². The zero-order valence-corrected chi connectivity index (χ0v) is 26.3. The minimum atomic E-state index is -1.14. The molecule has 0 unspecified atom stereocenters. The van der Waals surface area contributed by atoms with Crippen molar-refractivity contribution in [3.63, 3.8) is 0 Å². The lowest BCUT2D eigenvalue weighted by Gasteiger charge is -2.28. The van der Waals surface area contributed by atoms with Crippen molar-refractivity contribution in [3.8, 4) is 5.75 Å². The topological polar surface area (TPSA) is 256 Å². The number of aliphatic imine (C=N–C) groups is 1. The van der Waals surface area contributed by atoms with Crippen LogP contribution in [-0.4, -0.2) is 94.0 Å². The van der Waals surface area contributed by atoms with Gasteiger partial charge in [-0.25, -0.2) is 4.79 Å². The van der Waals surface area contributed by atoms with Crippen LogP contribution in [0.25, 0.3) is 0 Å². The van der Waals surface area contributed by atoms with Crippen LogP contribution in [0.5, 0.6) is 5.75 Å². The van der Waals surface area contributed by atoms with Crippen LogP contribution in [0.2, 0.25) is 0 Å². The monoisotopic (exact) mass is 652 g/mol. The summed E-state index contributed by atoms with van der Waals surface area (Å²) in [5.41, 5.74) is 18.1. The third-order valence-electron chi connectivity index (χ3n) is 7.78. The summed E-state index contributed by atoms with van der Waals surface area (Å²) >= 11 is 0. The molecular formula is C32H44N8O7. The van der Waals surface area contributed by atoms with Crippen molar-refractivity contribution in [2.24, 2.45) is 22.2 Å². The zero-order valence-electron chi connectivity index (χ0n) is 26.3. The lowest BCUT2D eigenvalue weighted by molar-refractivity contribution is -0.149. The van der Waals surface area contributed by atoms with Crippen molar-refractivity contribution in [2.75, 3.05) is 13.1 Å². The fourth-order valence-corrected chi connectivity index (χ4v) is 5.22. The molecular weight excluding hydrogens is 608 g/mol. The Morgan fingerprint density at radius 1 is 0.894 bits per heavy atom. The summed E-state index contributed by atoms with van der Waals surface area (Å²) in [6, 6.07) is 9.70. The van der Waals surface area contributed by atoms with Crippen molar-refractivity contribution in [2.45, 2.75) is 75.7 Å². The van der Waals surface area contributed by atoms with Gasteiger partial charge in [-0.2, -0.15) is 0 Å². The van der Waals surface area contributed by atoms with Gasteiger partial charge in [-0.1, -0.05) is 42.5 Å². The highest BCUT2D eigenvalue weighted by Crippen LogP contribution is 2.20. The van der Waals surface area contributed by atoms with Gasteiger partial charge in [0.15, 0.2) is 5.96 Å². The van der Waals surface area contributed by atoms with E-state index >= 15 is 0 Å². The van der Waals surface area contributed by atoms with E-state index in [9.17, 15) is 34.2 Å². The maximum Gasteiger partial charge on any atom is 0.326 e. The second-order valence-electron chi connectivity index (χ2n) is 11.5. The molecule has 2 aromatic carbocycles. The second kappa shape index (κ2) is 17.5. The summed E-state index contributed by atoms with van der Waals surface area (Å²) in [4.78, 5) is 70.3. The number of phenols is 1. The molecule has 0 aliphatic carbocycles. The third-order valence-corrected chi connectivity index (χ3v) is 7.78. The van der Waals surface area contributed by atoms with Gasteiger partial charge in [-0.3, -0.25) is 24.2 Å². The average molecular weight is 653 g/mol. The van der Waals surface area contributed by atoms with E-state index in [2.05, 4.69) is 20.9 Å². The molecule has 15 heteroatoms. The second-order valence-corrected chi connectivity index (χ2v) is 11.5. The van der Waals surface area contributed by atoms with Crippen LogP contribution in [0, 0.1) is 0 Å². The molecule has 1 heterocycles. The summed E-state index contributed by atoms with van der Waals surface area (Å²) in [5.74, 6) is -3.66. The Morgan fingerprint density at radius 3 is 2.15 bits per heavy atom. The van der Waals surface area contributed by atoms with E-state index < -0.39 is 59.8 Å². The Kier molecular flexibility index (Phi) is 13.5. The van der Waals surface area contributed by atoms with Crippen LogP contribution in [0.15, 0.2) is 59.6 Å². The van der Waals surface area contributed by atoms with Crippen LogP contribution in [0.4, 0.5) is 0 Å². The molecule has 0 radical (unpaired) electrons. The number of aromatic hydroxyl groups is 1. The maximum atomic E-state index is 13.6. The van der Waals surface area contributed by atoms with Crippen LogP contribution in [0.3, 0.4) is 0 Å². The van der Waals surface area contributed by atoms with Gasteiger partial charge >= 0.3 is 5.97 Å². The number of phenolic OH excluding ortho intramolecular Hbond substituents is 1. The van der Waals surface area contributed by atoms with Gasteiger partial charge in [-0.05, 0) is 55.9 Å². The van der Waals surface area contributed by atoms with Crippen molar-refractivity contribution < 1.29 is 34.2 Å². The van der Waals surface area contributed by atoms with Crippen LogP contribution < -0.4 is 33.2 Å². The highest BCUT2D eigenvalue weighted by Gasteiger charge is 2.38. The maximum absolute atomic E-state index is 13.6. The van der Waals surface area contributed by atoms with Gasteiger partial charge in [0.1, 0.15) is 29.9 Å². The molecule has 47 heavy (non-hydrogen) atoms. The Bertz CT molecular complexity index is 1420. The number of likely N-dealkylation sites (tertiary alicyclic amines) is 1. The molecule has 0 bridgehead atoms. The van der Waals surface area contributed by atoms with Gasteiger partial charge in [0.05, 0.1) is 6.04 Å². The number of hydrogen-bond acceptors (Lipinski definition) is 8. The van der Waals surface area contributed by atoms with Crippen LogP contribution in [-0.2, 0) is 36.8 Å². The first kappa shape index (κ1) is 36.3. The molecule has 0 spiro atoms. The lowest BCUT2D eigenvalue weighted by Crippen LogP contribution is -2.58. The predicted octanol–water partition coefficient (Wildman–Crippen LogP) is -0.892. The fourth-order valence-electron chi connectivity index (χ4n) is 5.22. The minimum absolute atomic E-state index is 0.0214. The van der Waals surface area contributed by atoms with Crippen molar-refractivity contribution in [3.05, 3.63) is 65.7 Å². The first-order valence-electron chi connectivity index (χ1n) is 15.4. The molecule has 2 aromatic rings. The summed E-state index contributed by atoms with van der Waals surface area (Å²) in [7, 11) is 0. The van der Waals surface area contributed by atoms with Crippen molar-refractivity contribution >= 4 is 35.6 Å². The first-order chi connectivity index (χ1) is 22.3. The van der Waals surface area contributed by atoms with E-state index in [0.29, 0.717) is 24.8 Å². The third kappa shape index (κ3) is 11.3. The van der Waals surface area contributed by atoms with Crippen molar-refractivity contribution in [1.29, 1.82) is 0 Å². The van der Waals surface area contributed by atoms with E-state index in [1.54, 1.807) is 36.4 Å². The standard InChI is InChI=1S/C32H44N8O7/c1-19(27(42)39-25(18-20-7-3-2-4-8-20)30(45)40-16-6-10-26(40)31(46)47)37-29(44)24(17-21-11-13-22(41)14-12-21)38-28(43)23(33)9-5-15-36-32(34)35/h2-4,7-8,11-14,19,23-26,41H,5-6,9-10,15-18,33H2,1H3,(H,37,44)(H,38,43)(H,39,42)(H,46,47)(H4,34,35,36)/t19-,23+,24+,25+,26+/m1/s1. The van der Waals surface area contributed by atoms with Crippen molar-refractivity contribution in [1.82, 2.24) is 20.9 Å². The number of guanidine groups is 1. The van der Waals surface area contributed by atoms with E-state index in [4.69, 9.17) is 17.2 Å². The van der Waals surface area contributed by atoms with Gasteiger partial charge in [0, 0.05) is 25.9 Å². The number of carboxylic acid groups (broad SMARTS) is 1. The predicted molar refractivity (Wildman–Crippen MR) is 174 cm³/mol. The molecule has 1 aliphatic rings. The number of rotatable bonds is 16. The molecule has 1 fully saturated rings.